The van der Waals surface area contributed by atoms with Crippen molar-refractivity contribution in [2.75, 3.05) is 18.0 Å². The van der Waals surface area contributed by atoms with E-state index in [0.29, 0.717) is 6.54 Å². The van der Waals surface area contributed by atoms with Crippen molar-refractivity contribution >= 4 is 11.6 Å². The molecule has 1 amide bonds. The van der Waals surface area contributed by atoms with E-state index in [1.165, 1.54) is 0 Å². The Kier molecular flexibility index (Phi) is 3.16. The highest BCUT2D eigenvalue weighted by Crippen LogP contribution is 2.37. The predicted octanol–water partition coefficient (Wildman–Crippen LogP) is 0.621. The van der Waals surface area contributed by atoms with Crippen molar-refractivity contribution in [2.24, 2.45) is 5.73 Å². The number of nitrogens with one attached hydrogen (secondary N) is 1. The molecule has 1 aromatic carbocycles. The fraction of sp³-hybridized carbons (Fsp3) is 0.500. The number of ether oxygens (including phenoxy) is 1. The van der Waals surface area contributed by atoms with Crippen molar-refractivity contribution in [1.82, 2.24) is 5.32 Å². The summed E-state index contributed by atoms with van der Waals surface area (Å²) in [4.78, 5) is 14.3. The zero-order valence-electron chi connectivity index (χ0n) is 11.1. The normalized spacial score (nSPS) is 26.2. The van der Waals surface area contributed by atoms with Crippen molar-refractivity contribution < 1.29 is 9.53 Å². The maximum atomic E-state index is 12.4. The quantitative estimate of drug-likeness (QED) is 0.819. The van der Waals surface area contributed by atoms with Gasteiger partial charge < -0.3 is 20.7 Å². The SMILES string of the molecule is CC1Oc2ccc(CN)cc2N(C2CCNC2)C1=O. The summed E-state index contributed by atoms with van der Waals surface area (Å²) >= 11 is 0. The monoisotopic (exact) mass is 261 g/mol. The molecule has 0 radical (unpaired) electrons. The van der Waals surface area contributed by atoms with Crippen LogP contribution in [0.2, 0.25) is 0 Å². The standard InChI is InChI=1S/C14H19N3O2/c1-9-14(18)17(11-4-5-16-8-11)12-6-10(7-15)2-3-13(12)19-9/h2-3,6,9,11,16H,4-5,7-8,15H2,1H3. The van der Waals surface area contributed by atoms with E-state index < -0.39 is 6.10 Å². The summed E-state index contributed by atoms with van der Waals surface area (Å²) in [5.41, 5.74) is 7.56. The lowest BCUT2D eigenvalue weighted by atomic mass is 10.1. The zero-order valence-corrected chi connectivity index (χ0v) is 11.1. The highest BCUT2D eigenvalue weighted by Gasteiger charge is 2.37. The van der Waals surface area contributed by atoms with Crippen LogP contribution >= 0.6 is 0 Å². The summed E-state index contributed by atoms with van der Waals surface area (Å²) in [6, 6.07) is 6.05. The molecule has 3 rings (SSSR count). The summed E-state index contributed by atoms with van der Waals surface area (Å²) in [5, 5.41) is 3.31. The Morgan fingerprint density at radius 2 is 2.37 bits per heavy atom. The number of fused-ring (bicyclic) bond motifs is 1. The van der Waals surface area contributed by atoms with Crippen LogP contribution in [0.3, 0.4) is 0 Å². The molecule has 0 bridgehead atoms. The predicted molar refractivity (Wildman–Crippen MR) is 73.2 cm³/mol. The fourth-order valence-corrected chi connectivity index (χ4v) is 2.77. The minimum Gasteiger partial charge on any atom is -0.479 e. The highest BCUT2D eigenvalue weighted by molar-refractivity contribution is 6.00. The maximum Gasteiger partial charge on any atom is 0.268 e. The molecule has 0 aromatic heterocycles. The lowest BCUT2D eigenvalue weighted by Crippen LogP contribution is -2.50. The van der Waals surface area contributed by atoms with Crippen LogP contribution in [-0.2, 0) is 11.3 Å². The third-order valence-corrected chi connectivity index (χ3v) is 3.81. The van der Waals surface area contributed by atoms with Gasteiger partial charge in [-0.3, -0.25) is 4.79 Å². The lowest BCUT2D eigenvalue weighted by molar-refractivity contribution is -0.126. The molecular formula is C14H19N3O2. The number of hydrogen-bond donors (Lipinski definition) is 2. The average molecular weight is 261 g/mol. The van der Waals surface area contributed by atoms with Crippen molar-refractivity contribution in [3.8, 4) is 5.75 Å². The first-order valence-electron chi connectivity index (χ1n) is 6.74. The average Bonchev–Trinajstić information content (AvgIpc) is 2.93. The van der Waals surface area contributed by atoms with Crippen LogP contribution in [0.25, 0.3) is 0 Å². The van der Waals surface area contributed by atoms with E-state index in [0.717, 1.165) is 36.5 Å². The molecule has 0 spiro atoms. The highest BCUT2D eigenvalue weighted by atomic mass is 16.5. The van der Waals surface area contributed by atoms with Crippen LogP contribution in [0.4, 0.5) is 5.69 Å². The molecule has 2 heterocycles. The molecule has 2 aliphatic rings. The topological polar surface area (TPSA) is 67.6 Å². The third-order valence-electron chi connectivity index (χ3n) is 3.81. The Bertz CT molecular complexity index is 497. The number of anilines is 1. The number of amides is 1. The third kappa shape index (κ3) is 2.09. The molecule has 2 atom stereocenters. The van der Waals surface area contributed by atoms with Gasteiger partial charge in [0, 0.05) is 13.1 Å². The van der Waals surface area contributed by atoms with Gasteiger partial charge in [-0.15, -0.1) is 0 Å². The smallest absolute Gasteiger partial charge is 0.268 e. The van der Waals surface area contributed by atoms with Gasteiger partial charge in [0.1, 0.15) is 5.75 Å². The van der Waals surface area contributed by atoms with Gasteiger partial charge in [0.25, 0.3) is 5.91 Å². The second kappa shape index (κ2) is 4.83. The molecule has 5 nitrogen and oxygen atoms in total. The van der Waals surface area contributed by atoms with Gasteiger partial charge >= 0.3 is 0 Å². The van der Waals surface area contributed by atoms with Gasteiger partial charge in [-0.05, 0) is 37.6 Å². The van der Waals surface area contributed by atoms with Crippen LogP contribution in [0.15, 0.2) is 18.2 Å². The minimum absolute atomic E-state index is 0.0374. The number of nitrogens with two attached hydrogens (primary N) is 1. The van der Waals surface area contributed by atoms with E-state index in [1.54, 1.807) is 6.92 Å². The fourth-order valence-electron chi connectivity index (χ4n) is 2.77. The molecular weight excluding hydrogens is 242 g/mol. The van der Waals surface area contributed by atoms with Crippen LogP contribution in [0.5, 0.6) is 5.75 Å². The molecule has 5 heteroatoms. The first-order chi connectivity index (χ1) is 9.20. The first kappa shape index (κ1) is 12.4. The van der Waals surface area contributed by atoms with Crippen LogP contribution in [0, 0.1) is 0 Å². The summed E-state index contributed by atoms with van der Waals surface area (Å²) in [6.07, 6.45) is 0.557. The van der Waals surface area contributed by atoms with E-state index in [-0.39, 0.29) is 11.9 Å². The van der Waals surface area contributed by atoms with E-state index in [2.05, 4.69) is 5.32 Å². The molecule has 0 saturated carbocycles. The number of rotatable bonds is 2. The van der Waals surface area contributed by atoms with E-state index in [9.17, 15) is 4.79 Å². The number of nitrogens with zero attached hydrogens (tertiary/aromatic N) is 1. The molecule has 102 valence electrons. The van der Waals surface area contributed by atoms with Crippen LogP contribution < -0.4 is 20.7 Å². The van der Waals surface area contributed by atoms with Crippen LogP contribution in [-0.4, -0.2) is 31.1 Å². The molecule has 3 N–H and O–H groups in total. The Morgan fingerprint density at radius 1 is 1.53 bits per heavy atom. The molecule has 2 unspecified atom stereocenters. The van der Waals surface area contributed by atoms with Gasteiger partial charge in [-0.1, -0.05) is 6.07 Å². The molecule has 0 aliphatic carbocycles. The lowest BCUT2D eigenvalue weighted by Gasteiger charge is -2.36. The minimum atomic E-state index is -0.420. The van der Waals surface area contributed by atoms with Crippen molar-refractivity contribution in [1.29, 1.82) is 0 Å². The second-order valence-corrected chi connectivity index (χ2v) is 5.12. The summed E-state index contributed by atoms with van der Waals surface area (Å²) in [7, 11) is 0. The summed E-state index contributed by atoms with van der Waals surface area (Å²) < 4.78 is 5.68. The van der Waals surface area contributed by atoms with Crippen LogP contribution in [0.1, 0.15) is 18.9 Å². The largest absolute Gasteiger partial charge is 0.479 e. The molecule has 1 saturated heterocycles. The first-order valence-corrected chi connectivity index (χ1v) is 6.74. The van der Waals surface area contributed by atoms with Crippen molar-refractivity contribution in [3.63, 3.8) is 0 Å². The number of carbonyl (C=O) groups is 1. The summed E-state index contributed by atoms with van der Waals surface area (Å²) in [6.45, 7) is 4.06. The van der Waals surface area contributed by atoms with Gasteiger partial charge in [0.05, 0.1) is 11.7 Å². The molecule has 2 aliphatic heterocycles. The van der Waals surface area contributed by atoms with Gasteiger partial charge in [0.15, 0.2) is 6.10 Å². The molecule has 1 aromatic rings. The molecule has 19 heavy (non-hydrogen) atoms. The Morgan fingerprint density at radius 3 is 3.05 bits per heavy atom. The Labute approximate surface area is 112 Å². The second-order valence-electron chi connectivity index (χ2n) is 5.12. The Balaban J connectivity index is 2.04. The maximum absolute atomic E-state index is 12.4. The number of carbonyl (C=O) groups excluding carboxylic acids is 1. The number of benzene rings is 1. The van der Waals surface area contributed by atoms with Gasteiger partial charge in [-0.25, -0.2) is 0 Å². The number of hydrogen-bond acceptors (Lipinski definition) is 4. The van der Waals surface area contributed by atoms with Gasteiger partial charge in [0.2, 0.25) is 0 Å². The Hall–Kier alpha value is -1.59. The van der Waals surface area contributed by atoms with Crippen molar-refractivity contribution in [3.05, 3.63) is 23.8 Å². The van der Waals surface area contributed by atoms with E-state index in [1.807, 2.05) is 23.1 Å². The summed E-state index contributed by atoms with van der Waals surface area (Å²) in [5.74, 6) is 0.812. The van der Waals surface area contributed by atoms with E-state index in [4.69, 9.17) is 10.5 Å². The van der Waals surface area contributed by atoms with E-state index >= 15 is 0 Å². The molecule has 1 fully saturated rings. The zero-order chi connectivity index (χ0) is 13.4. The van der Waals surface area contributed by atoms with Gasteiger partial charge in [-0.2, -0.15) is 0 Å². The van der Waals surface area contributed by atoms with Crippen molar-refractivity contribution in [2.45, 2.75) is 32.0 Å².